The number of carbonyl (C=O) groups is 1. The molecule has 4 nitrogen and oxygen atoms in total. The number of carbonyl (C=O) groups excluding carboxylic acids is 1. The second kappa shape index (κ2) is 9.96. The van der Waals surface area contributed by atoms with Crippen LogP contribution >= 0.6 is 11.8 Å². The summed E-state index contributed by atoms with van der Waals surface area (Å²) < 4.78 is 5.84. The van der Waals surface area contributed by atoms with E-state index in [9.17, 15) is 4.79 Å². The van der Waals surface area contributed by atoms with Crippen LogP contribution in [0.2, 0.25) is 0 Å². The Kier molecular flexibility index (Phi) is 6.65. The number of para-hydroxylation sites is 1. The van der Waals surface area contributed by atoms with Crippen molar-refractivity contribution >= 4 is 34.6 Å². The van der Waals surface area contributed by atoms with Crippen LogP contribution < -0.4 is 4.74 Å². The van der Waals surface area contributed by atoms with Crippen LogP contribution in [0.15, 0.2) is 107 Å². The number of hydrogen-bond donors (Lipinski definition) is 0. The molecule has 3 aromatic rings. The number of amidine groups is 1. The quantitative estimate of drug-likeness (QED) is 0.341. The Hall–Kier alpha value is -3.57. The molecule has 0 N–H and O–H groups in total. The van der Waals surface area contributed by atoms with Gasteiger partial charge in [-0.05, 0) is 53.2 Å². The second-order valence-corrected chi connectivity index (χ2v) is 7.90. The van der Waals surface area contributed by atoms with Gasteiger partial charge in [0.05, 0.1) is 10.6 Å². The zero-order valence-electron chi connectivity index (χ0n) is 17.0. The fraction of sp³-hybridized carbons (Fsp3) is 0.0769. The van der Waals surface area contributed by atoms with Crippen LogP contribution in [0.3, 0.4) is 0 Å². The molecule has 5 heteroatoms. The first-order valence-corrected chi connectivity index (χ1v) is 10.8. The van der Waals surface area contributed by atoms with Crippen molar-refractivity contribution in [3.05, 3.63) is 114 Å². The lowest BCUT2D eigenvalue weighted by atomic mass is 10.2. The number of nitrogens with zero attached hydrogens (tertiary/aromatic N) is 2. The van der Waals surface area contributed by atoms with Crippen LogP contribution in [0, 0.1) is 0 Å². The van der Waals surface area contributed by atoms with E-state index in [-0.39, 0.29) is 5.91 Å². The van der Waals surface area contributed by atoms with E-state index >= 15 is 0 Å². The molecule has 3 aromatic carbocycles. The molecule has 154 valence electrons. The van der Waals surface area contributed by atoms with Crippen LogP contribution in [0.4, 0.5) is 5.69 Å². The summed E-state index contributed by atoms with van der Waals surface area (Å²) in [5.74, 6) is 0.722. The van der Waals surface area contributed by atoms with Gasteiger partial charge in [0, 0.05) is 6.54 Å². The molecule has 0 aliphatic carbocycles. The number of amides is 1. The van der Waals surface area contributed by atoms with Gasteiger partial charge in [0.2, 0.25) is 0 Å². The first-order chi connectivity index (χ1) is 15.2. The fourth-order valence-electron chi connectivity index (χ4n) is 3.05. The fourth-order valence-corrected chi connectivity index (χ4v) is 4.05. The average Bonchev–Trinajstić information content (AvgIpc) is 3.09. The molecule has 1 fully saturated rings. The first kappa shape index (κ1) is 20.7. The van der Waals surface area contributed by atoms with Crippen molar-refractivity contribution in [2.45, 2.75) is 6.61 Å². The van der Waals surface area contributed by atoms with Gasteiger partial charge in [0.25, 0.3) is 5.91 Å². The molecule has 31 heavy (non-hydrogen) atoms. The van der Waals surface area contributed by atoms with Crippen molar-refractivity contribution in [1.29, 1.82) is 0 Å². The third-order valence-corrected chi connectivity index (χ3v) is 5.61. The Morgan fingerprint density at radius 1 is 0.935 bits per heavy atom. The van der Waals surface area contributed by atoms with Crippen molar-refractivity contribution in [3.63, 3.8) is 0 Å². The van der Waals surface area contributed by atoms with Crippen LogP contribution in [0.25, 0.3) is 6.08 Å². The SMILES string of the molecule is C=CCN1C(=O)/C(=C\c2ccc(OCc3ccccc3)cc2)SC1=Nc1ccccc1. The molecule has 0 bridgehead atoms. The predicted molar refractivity (Wildman–Crippen MR) is 128 cm³/mol. The summed E-state index contributed by atoms with van der Waals surface area (Å²) in [6.07, 6.45) is 3.60. The maximum atomic E-state index is 12.9. The summed E-state index contributed by atoms with van der Waals surface area (Å²) in [7, 11) is 0. The van der Waals surface area contributed by atoms with Crippen molar-refractivity contribution in [2.75, 3.05) is 6.54 Å². The summed E-state index contributed by atoms with van der Waals surface area (Å²) >= 11 is 1.38. The number of thioether (sulfide) groups is 1. The Balaban J connectivity index is 1.49. The molecule has 0 unspecified atom stereocenters. The minimum absolute atomic E-state index is 0.0658. The normalized spacial score (nSPS) is 16.1. The minimum atomic E-state index is -0.0658. The molecular weight excluding hydrogens is 404 g/mol. The lowest BCUT2D eigenvalue weighted by molar-refractivity contribution is -0.121. The van der Waals surface area contributed by atoms with Crippen LogP contribution in [-0.4, -0.2) is 22.5 Å². The maximum absolute atomic E-state index is 12.9. The largest absolute Gasteiger partial charge is 0.489 e. The lowest BCUT2D eigenvalue weighted by Crippen LogP contribution is -2.29. The summed E-state index contributed by atoms with van der Waals surface area (Å²) in [6.45, 7) is 4.70. The molecule has 4 rings (SSSR count). The molecule has 0 saturated carbocycles. The van der Waals surface area contributed by atoms with Gasteiger partial charge < -0.3 is 4.74 Å². The molecule has 1 heterocycles. The monoisotopic (exact) mass is 426 g/mol. The zero-order valence-corrected chi connectivity index (χ0v) is 17.8. The van der Waals surface area contributed by atoms with Gasteiger partial charge in [-0.1, -0.05) is 66.7 Å². The maximum Gasteiger partial charge on any atom is 0.267 e. The van der Waals surface area contributed by atoms with E-state index in [1.54, 1.807) is 11.0 Å². The van der Waals surface area contributed by atoms with E-state index in [1.165, 1.54) is 11.8 Å². The van der Waals surface area contributed by atoms with Crippen LogP contribution in [-0.2, 0) is 11.4 Å². The van der Waals surface area contributed by atoms with Gasteiger partial charge in [0.1, 0.15) is 12.4 Å². The van der Waals surface area contributed by atoms with E-state index in [2.05, 4.69) is 11.6 Å². The highest BCUT2D eigenvalue weighted by Gasteiger charge is 2.32. The Bertz CT molecular complexity index is 1110. The molecule has 0 spiro atoms. The van der Waals surface area contributed by atoms with Gasteiger partial charge in [-0.25, -0.2) is 4.99 Å². The Labute approximate surface area is 186 Å². The van der Waals surface area contributed by atoms with Gasteiger partial charge in [-0.3, -0.25) is 9.69 Å². The van der Waals surface area contributed by atoms with Crippen LogP contribution in [0.1, 0.15) is 11.1 Å². The van der Waals surface area contributed by atoms with Gasteiger partial charge >= 0.3 is 0 Å². The molecule has 0 aromatic heterocycles. The summed E-state index contributed by atoms with van der Waals surface area (Å²) in [6, 6.07) is 27.4. The second-order valence-electron chi connectivity index (χ2n) is 6.89. The van der Waals surface area contributed by atoms with Crippen molar-refractivity contribution in [1.82, 2.24) is 4.90 Å². The van der Waals surface area contributed by atoms with E-state index in [0.29, 0.717) is 23.2 Å². The highest BCUT2D eigenvalue weighted by Crippen LogP contribution is 2.34. The van der Waals surface area contributed by atoms with Gasteiger partial charge in [0.15, 0.2) is 5.17 Å². The summed E-state index contributed by atoms with van der Waals surface area (Å²) in [5, 5.41) is 0.658. The smallest absolute Gasteiger partial charge is 0.267 e. The topological polar surface area (TPSA) is 41.9 Å². The highest BCUT2D eigenvalue weighted by atomic mass is 32.2. The standard InChI is InChI=1S/C26H22N2O2S/c1-2-17-28-25(29)24(31-26(28)27-22-11-7-4-8-12-22)18-20-13-15-23(16-14-20)30-19-21-9-5-3-6-10-21/h2-16,18H,1,17,19H2/b24-18+,27-26?. The van der Waals surface area contributed by atoms with E-state index in [1.807, 2.05) is 91.0 Å². The van der Waals surface area contributed by atoms with Crippen molar-refractivity contribution < 1.29 is 9.53 Å². The lowest BCUT2D eigenvalue weighted by Gasteiger charge is -2.12. The first-order valence-electron chi connectivity index (χ1n) is 9.96. The third kappa shape index (κ3) is 5.32. The van der Waals surface area contributed by atoms with Crippen molar-refractivity contribution in [3.8, 4) is 5.75 Å². The Morgan fingerprint density at radius 2 is 1.61 bits per heavy atom. The van der Waals surface area contributed by atoms with Gasteiger partial charge in [-0.2, -0.15) is 0 Å². The molecular formula is C26H22N2O2S. The zero-order chi connectivity index (χ0) is 21.5. The number of benzene rings is 3. The van der Waals surface area contributed by atoms with E-state index in [0.717, 1.165) is 22.6 Å². The predicted octanol–water partition coefficient (Wildman–Crippen LogP) is 6.06. The molecule has 1 aliphatic rings. The summed E-state index contributed by atoms with van der Waals surface area (Å²) in [4.78, 5) is 19.8. The number of ether oxygens (including phenoxy) is 1. The van der Waals surface area contributed by atoms with E-state index in [4.69, 9.17) is 4.74 Å². The molecule has 0 radical (unpaired) electrons. The van der Waals surface area contributed by atoms with Crippen LogP contribution in [0.5, 0.6) is 5.75 Å². The highest BCUT2D eigenvalue weighted by molar-refractivity contribution is 8.18. The Morgan fingerprint density at radius 3 is 2.29 bits per heavy atom. The molecule has 1 saturated heterocycles. The third-order valence-electron chi connectivity index (χ3n) is 4.61. The number of rotatable bonds is 7. The summed E-state index contributed by atoms with van der Waals surface area (Å²) in [5.41, 5.74) is 2.87. The van der Waals surface area contributed by atoms with Gasteiger partial charge in [-0.15, -0.1) is 6.58 Å². The van der Waals surface area contributed by atoms with Crippen molar-refractivity contribution in [2.24, 2.45) is 4.99 Å². The van der Waals surface area contributed by atoms with E-state index < -0.39 is 0 Å². The number of hydrogen-bond acceptors (Lipinski definition) is 4. The molecule has 0 atom stereocenters. The average molecular weight is 427 g/mol. The molecule has 1 amide bonds. The molecule has 1 aliphatic heterocycles. The number of aliphatic imine (C=N–C) groups is 1. The minimum Gasteiger partial charge on any atom is -0.489 e.